The van der Waals surface area contributed by atoms with Gasteiger partial charge >= 0.3 is 6.09 Å². The van der Waals surface area contributed by atoms with Crippen LogP contribution in [-0.4, -0.2) is 36.3 Å². The van der Waals surface area contributed by atoms with Crippen molar-refractivity contribution in [1.29, 1.82) is 0 Å². The van der Waals surface area contributed by atoms with Crippen molar-refractivity contribution in [3.8, 4) is 5.75 Å². The SMILES string of the molecule is COc1ccc(C2CCN(C(=O)O)CC2)cc1. The molecule has 0 bridgehead atoms. The standard InChI is InChI=1S/C13H17NO3/c1-17-12-4-2-10(3-5-12)11-6-8-14(9-7-11)13(15)16/h2-5,11H,6-9H2,1H3,(H,15,16). The Morgan fingerprint density at radius 3 is 2.35 bits per heavy atom. The third-order valence-electron chi connectivity index (χ3n) is 3.35. The number of piperidine rings is 1. The average Bonchev–Trinajstić information content (AvgIpc) is 2.39. The highest BCUT2D eigenvalue weighted by atomic mass is 16.5. The van der Waals surface area contributed by atoms with E-state index in [0.717, 1.165) is 18.6 Å². The molecule has 1 saturated heterocycles. The normalized spacial score (nSPS) is 16.9. The minimum absolute atomic E-state index is 0.469. The van der Waals surface area contributed by atoms with Gasteiger partial charge in [0.1, 0.15) is 5.75 Å². The third kappa shape index (κ3) is 2.70. The quantitative estimate of drug-likeness (QED) is 0.857. The van der Waals surface area contributed by atoms with E-state index in [9.17, 15) is 4.79 Å². The van der Waals surface area contributed by atoms with Gasteiger partial charge in [-0.3, -0.25) is 0 Å². The van der Waals surface area contributed by atoms with Gasteiger partial charge in [0.2, 0.25) is 0 Å². The molecule has 92 valence electrons. The van der Waals surface area contributed by atoms with Crippen molar-refractivity contribution >= 4 is 6.09 Å². The van der Waals surface area contributed by atoms with E-state index in [1.54, 1.807) is 7.11 Å². The number of amides is 1. The summed E-state index contributed by atoms with van der Waals surface area (Å²) >= 11 is 0. The molecule has 0 saturated carbocycles. The molecule has 1 aliphatic heterocycles. The van der Waals surface area contributed by atoms with E-state index in [-0.39, 0.29) is 0 Å². The number of methoxy groups -OCH3 is 1. The fourth-order valence-electron chi connectivity index (χ4n) is 2.28. The van der Waals surface area contributed by atoms with Gasteiger partial charge in [-0.05, 0) is 36.5 Å². The van der Waals surface area contributed by atoms with E-state index in [2.05, 4.69) is 12.1 Å². The maximum Gasteiger partial charge on any atom is 0.407 e. The highest BCUT2D eigenvalue weighted by Gasteiger charge is 2.23. The van der Waals surface area contributed by atoms with Gasteiger partial charge in [0, 0.05) is 13.1 Å². The summed E-state index contributed by atoms with van der Waals surface area (Å²) in [6.07, 6.45) is 0.996. The number of ether oxygens (including phenoxy) is 1. The van der Waals surface area contributed by atoms with Crippen LogP contribution in [-0.2, 0) is 0 Å². The van der Waals surface area contributed by atoms with E-state index < -0.39 is 6.09 Å². The molecular formula is C13H17NO3. The predicted octanol–water partition coefficient (Wildman–Crippen LogP) is 2.55. The topological polar surface area (TPSA) is 49.8 Å². The van der Waals surface area contributed by atoms with Crippen LogP contribution in [0.4, 0.5) is 4.79 Å². The molecule has 1 aliphatic rings. The van der Waals surface area contributed by atoms with Crippen LogP contribution in [0.2, 0.25) is 0 Å². The zero-order chi connectivity index (χ0) is 12.3. The number of nitrogens with zero attached hydrogens (tertiary/aromatic N) is 1. The van der Waals surface area contributed by atoms with E-state index >= 15 is 0 Å². The van der Waals surface area contributed by atoms with E-state index in [4.69, 9.17) is 9.84 Å². The summed E-state index contributed by atoms with van der Waals surface area (Å²) in [6.45, 7) is 1.26. The molecule has 1 aromatic rings. The molecule has 4 nitrogen and oxygen atoms in total. The molecule has 2 rings (SSSR count). The Bertz CT molecular complexity index is 380. The lowest BCUT2D eigenvalue weighted by atomic mass is 9.89. The fraction of sp³-hybridized carbons (Fsp3) is 0.462. The molecule has 1 N–H and O–H groups in total. The van der Waals surface area contributed by atoms with Crippen LogP contribution in [0.5, 0.6) is 5.75 Å². The predicted molar refractivity (Wildman–Crippen MR) is 64.6 cm³/mol. The van der Waals surface area contributed by atoms with Gasteiger partial charge in [-0.2, -0.15) is 0 Å². The summed E-state index contributed by atoms with van der Waals surface area (Å²) in [7, 11) is 1.65. The maximum absolute atomic E-state index is 10.8. The lowest BCUT2D eigenvalue weighted by molar-refractivity contribution is 0.132. The highest BCUT2D eigenvalue weighted by Crippen LogP contribution is 2.29. The first kappa shape index (κ1) is 11.8. The first-order valence-corrected chi connectivity index (χ1v) is 5.82. The van der Waals surface area contributed by atoms with Crippen molar-refractivity contribution in [3.63, 3.8) is 0 Å². The van der Waals surface area contributed by atoms with Gasteiger partial charge in [0.25, 0.3) is 0 Å². The van der Waals surface area contributed by atoms with Crippen LogP contribution in [0, 0.1) is 0 Å². The smallest absolute Gasteiger partial charge is 0.407 e. The summed E-state index contributed by atoms with van der Waals surface area (Å²) in [5, 5.41) is 8.87. The summed E-state index contributed by atoms with van der Waals surface area (Å²) in [4.78, 5) is 12.3. The van der Waals surface area contributed by atoms with Crippen LogP contribution in [0.1, 0.15) is 24.3 Å². The summed E-state index contributed by atoms with van der Waals surface area (Å²) in [5.74, 6) is 1.33. The van der Waals surface area contributed by atoms with Crippen molar-refractivity contribution in [3.05, 3.63) is 29.8 Å². The van der Waals surface area contributed by atoms with Gasteiger partial charge in [-0.1, -0.05) is 12.1 Å². The third-order valence-corrected chi connectivity index (χ3v) is 3.35. The number of rotatable bonds is 2. The second kappa shape index (κ2) is 5.08. The maximum atomic E-state index is 10.8. The zero-order valence-corrected chi connectivity index (χ0v) is 9.93. The first-order valence-electron chi connectivity index (χ1n) is 5.82. The summed E-state index contributed by atoms with van der Waals surface area (Å²) in [6, 6.07) is 8.05. The molecule has 1 aromatic carbocycles. The molecule has 0 radical (unpaired) electrons. The molecule has 0 unspecified atom stereocenters. The lowest BCUT2D eigenvalue weighted by Crippen LogP contribution is -2.36. The Balaban J connectivity index is 1.97. The molecule has 4 heteroatoms. The Morgan fingerprint density at radius 2 is 1.88 bits per heavy atom. The Labute approximate surface area is 101 Å². The first-order chi connectivity index (χ1) is 8.20. The molecule has 1 heterocycles. The van der Waals surface area contributed by atoms with Crippen LogP contribution in [0.15, 0.2) is 24.3 Å². The van der Waals surface area contributed by atoms with Gasteiger partial charge in [-0.15, -0.1) is 0 Å². The Hall–Kier alpha value is -1.71. The summed E-state index contributed by atoms with van der Waals surface area (Å²) < 4.78 is 5.12. The molecule has 0 spiro atoms. The van der Waals surface area contributed by atoms with Crippen LogP contribution < -0.4 is 4.74 Å². The Kier molecular flexibility index (Phi) is 3.52. The lowest BCUT2D eigenvalue weighted by Gasteiger charge is -2.30. The van der Waals surface area contributed by atoms with Gasteiger partial charge < -0.3 is 14.7 Å². The number of carboxylic acid groups (broad SMARTS) is 1. The minimum atomic E-state index is -0.807. The van der Waals surface area contributed by atoms with E-state index in [0.29, 0.717) is 19.0 Å². The fourth-order valence-corrected chi connectivity index (χ4v) is 2.28. The number of carbonyl (C=O) groups is 1. The molecule has 17 heavy (non-hydrogen) atoms. The molecule has 0 atom stereocenters. The Morgan fingerprint density at radius 1 is 1.29 bits per heavy atom. The monoisotopic (exact) mass is 235 g/mol. The second-order valence-corrected chi connectivity index (χ2v) is 4.32. The highest BCUT2D eigenvalue weighted by molar-refractivity contribution is 5.65. The van der Waals surface area contributed by atoms with Crippen molar-refractivity contribution in [2.75, 3.05) is 20.2 Å². The van der Waals surface area contributed by atoms with Gasteiger partial charge in [0.15, 0.2) is 0 Å². The van der Waals surface area contributed by atoms with Crippen molar-refractivity contribution < 1.29 is 14.6 Å². The average molecular weight is 235 g/mol. The number of hydrogen-bond acceptors (Lipinski definition) is 2. The number of likely N-dealkylation sites (tertiary alicyclic amines) is 1. The van der Waals surface area contributed by atoms with Crippen molar-refractivity contribution in [1.82, 2.24) is 4.90 Å². The molecule has 0 aromatic heterocycles. The minimum Gasteiger partial charge on any atom is -0.497 e. The molecular weight excluding hydrogens is 218 g/mol. The zero-order valence-electron chi connectivity index (χ0n) is 9.93. The van der Waals surface area contributed by atoms with E-state index in [1.807, 2.05) is 12.1 Å². The molecule has 1 fully saturated rings. The number of benzene rings is 1. The van der Waals surface area contributed by atoms with Crippen LogP contribution in [0.3, 0.4) is 0 Å². The van der Waals surface area contributed by atoms with Crippen LogP contribution >= 0.6 is 0 Å². The molecule has 0 aliphatic carbocycles. The second-order valence-electron chi connectivity index (χ2n) is 4.32. The molecule has 1 amide bonds. The largest absolute Gasteiger partial charge is 0.497 e. The van der Waals surface area contributed by atoms with E-state index in [1.165, 1.54) is 10.5 Å². The van der Waals surface area contributed by atoms with Gasteiger partial charge in [0.05, 0.1) is 7.11 Å². The van der Waals surface area contributed by atoms with Crippen molar-refractivity contribution in [2.45, 2.75) is 18.8 Å². The summed E-state index contributed by atoms with van der Waals surface area (Å²) in [5.41, 5.74) is 1.27. The van der Waals surface area contributed by atoms with Crippen LogP contribution in [0.25, 0.3) is 0 Å². The number of hydrogen-bond donors (Lipinski definition) is 1. The van der Waals surface area contributed by atoms with Gasteiger partial charge in [-0.25, -0.2) is 4.79 Å². The van der Waals surface area contributed by atoms with Crippen molar-refractivity contribution in [2.24, 2.45) is 0 Å².